The second-order valence-corrected chi connectivity index (χ2v) is 5.47. The number of aryl methyl sites for hydroxylation is 1. The van der Waals surface area contributed by atoms with E-state index in [1.165, 1.54) is 6.07 Å². The molecule has 5 nitrogen and oxygen atoms in total. The summed E-state index contributed by atoms with van der Waals surface area (Å²) in [6.07, 6.45) is 2.33. The van der Waals surface area contributed by atoms with Crippen molar-refractivity contribution in [2.75, 3.05) is 7.11 Å². The number of hydrogen-bond acceptors (Lipinski definition) is 3. The van der Waals surface area contributed by atoms with Crippen LogP contribution in [0.2, 0.25) is 0 Å². The Labute approximate surface area is 128 Å². The number of aromatic amines is 1. The molecule has 0 saturated carbocycles. The van der Waals surface area contributed by atoms with Gasteiger partial charge in [-0.3, -0.25) is 9.59 Å². The van der Waals surface area contributed by atoms with Crippen molar-refractivity contribution in [2.45, 2.75) is 25.3 Å². The van der Waals surface area contributed by atoms with Gasteiger partial charge in [0, 0.05) is 23.4 Å². The Bertz CT molecular complexity index is 752. The molecule has 2 aromatic rings. The molecule has 1 aliphatic carbocycles. The first-order valence-electron chi connectivity index (χ1n) is 7.31. The maximum Gasteiger partial charge on any atom is 0.251 e. The minimum absolute atomic E-state index is 0.0717. The van der Waals surface area contributed by atoms with Crippen LogP contribution in [0.25, 0.3) is 0 Å². The standard InChI is InChI=1S/C17H18N2O3/c1-22-14-4-2-3-12(10-14)17(21)18-13-6-7-15-11(9-13)5-8-16(20)19-15/h2-5,8,10,13H,6-7,9H2,1H3,(H,18,21)(H,19,20). The molecule has 3 rings (SSSR count). The molecular weight excluding hydrogens is 280 g/mol. The topological polar surface area (TPSA) is 71.2 Å². The second kappa shape index (κ2) is 6.05. The first-order chi connectivity index (χ1) is 10.7. The smallest absolute Gasteiger partial charge is 0.251 e. The van der Waals surface area contributed by atoms with E-state index >= 15 is 0 Å². The van der Waals surface area contributed by atoms with Gasteiger partial charge in [-0.2, -0.15) is 0 Å². The molecule has 1 aromatic heterocycles. The number of H-pyrrole nitrogens is 1. The lowest BCUT2D eigenvalue weighted by molar-refractivity contribution is 0.0933. The zero-order valence-electron chi connectivity index (χ0n) is 12.4. The van der Waals surface area contributed by atoms with Crippen LogP contribution in [0.15, 0.2) is 41.2 Å². The second-order valence-electron chi connectivity index (χ2n) is 5.47. The molecule has 2 N–H and O–H groups in total. The maximum atomic E-state index is 12.3. The molecule has 1 amide bonds. The molecule has 0 aliphatic heterocycles. The van der Waals surface area contributed by atoms with E-state index in [0.29, 0.717) is 11.3 Å². The fraction of sp³-hybridized carbons (Fsp3) is 0.294. The number of fused-ring (bicyclic) bond motifs is 1. The third-order valence-corrected chi connectivity index (χ3v) is 3.97. The number of benzene rings is 1. The number of pyridine rings is 1. The Hall–Kier alpha value is -2.56. The summed E-state index contributed by atoms with van der Waals surface area (Å²) >= 11 is 0. The quantitative estimate of drug-likeness (QED) is 0.905. The lowest BCUT2D eigenvalue weighted by Crippen LogP contribution is -2.39. The zero-order valence-corrected chi connectivity index (χ0v) is 12.4. The summed E-state index contributed by atoms with van der Waals surface area (Å²) < 4.78 is 5.14. The predicted octanol–water partition coefficient (Wildman–Crippen LogP) is 1.67. The highest BCUT2D eigenvalue weighted by atomic mass is 16.5. The van der Waals surface area contributed by atoms with E-state index in [-0.39, 0.29) is 17.5 Å². The highest BCUT2D eigenvalue weighted by molar-refractivity contribution is 5.94. The van der Waals surface area contributed by atoms with Gasteiger partial charge in [-0.05, 0) is 43.0 Å². The number of hydrogen-bond donors (Lipinski definition) is 2. The van der Waals surface area contributed by atoms with E-state index in [1.807, 2.05) is 12.1 Å². The van der Waals surface area contributed by atoms with Crippen molar-refractivity contribution in [3.8, 4) is 5.75 Å². The number of aromatic nitrogens is 1. The Morgan fingerprint density at radius 3 is 3.00 bits per heavy atom. The van der Waals surface area contributed by atoms with Crippen molar-refractivity contribution in [2.24, 2.45) is 0 Å². The molecule has 0 fully saturated rings. The largest absolute Gasteiger partial charge is 0.497 e. The van der Waals surface area contributed by atoms with Crippen LogP contribution in [-0.4, -0.2) is 24.0 Å². The summed E-state index contributed by atoms with van der Waals surface area (Å²) in [5, 5.41) is 3.06. The fourth-order valence-corrected chi connectivity index (χ4v) is 2.80. The molecule has 1 unspecified atom stereocenters. The third kappa shape index (κ3) is 3.03. The van der Waals surface area contributed by atoms with Gasteiger partial charge >= 0.3 is 0 Å². The van der Waals surface area contributed by atoms with Crippen LogP contribution in [-0.2, 0) is 12.8 Å². The van der Waals surface area contributed by atoms with Crippen LogP contribution in [0, 0.1) is 0 Å². The van der Waals surface area contributed by atoms with Gasteiger partial charge in [-0.15, -0.1) is 0 Å². The van der Waals surface area contributed by atoms with Crippen LogP contribution in [0.5, 0.6) is 5.75 Å². The van der Waals surface area contributed by atoms with Crippen molar-refractivity contribution in [3.05, 3.63) is 63.6 Å². The van der Waals surface area contributed by atoms with Crippen molar-refractivity contribution >= 4 is 5.91 Å². The lowest BCUT2D eigenvalue weighted by Gasteiger charge is -2.25. The number of carbonyl (C=O) groups excluding carboxylic acids is 1. The Morgan fingerprint density at radius 2 is 2.18 bits per heavy atom. The van der Waals surface area contributed by atoms with Gasteiger partial charge in [0.1, 0.15) is 5.75 Å². The summed E-state index contributed by atoms with van der Waals surface area (Å²) in [5.74, 6) is 0.566. The van der Waals surface area contributed by atoms with Crippen LogP contribution >= 0.6 is 0 Å². The molecule has 0 radical (unpaired) electrons. The molecule has 0 bridgehead atoms. The van der Waals surface area contributed by atoms with Gasteiger partial charge in [-0.25, -0.2) is 0 Å². The van der Waals surface area contributed by atoms with E-state index in [9.17, 15) is 9.59 Å². The molecule has 1 aromatic carbocycles. The Kier molecular flexibility index (Phi) is 3.96. The molecule has 0 spiro atoms. The average Bonchev–Trinajstić information content (AvgIpc) is 2.55. The van der Waals surface area contributed by atoms with Gasteiger partial charge in [0.05, 0.1) is 7.11 Å². The number of carbonyl (C=O) groups is 1. The third-order valence-electron chi connectivity index (χ3n) is 3.97. The van der Waals surface area contributed by atoms with Gasteiger partial charge < -0.3 is 15.0 Å². The normalized spacial score (nSPS) is 16.7. The molecule has 114 valence electrons. The molecule has 22 heavy (non-hydrogen) atoms. The molecule has 1 aliphatic rings. The summed E-state index contributed by atoms with van der Waals surface area (Å²) in [4.78, 5) is 26.5. The first kappa shape index (κ1) is 14.4. The van der Waals surface area contributed by atoms with E-state index < -0.39 is 0 Å². The van der Waals surface area contributed by atoms with Gasteiger partial charge in [0.25, 0.3) is 5.91 Å². The van der Waals surface area contributed by atoms with E-state index in [0.717, 1.165) is 30.5 Å². The number of rotatable bonds is 3. The number of methoxy groups -OCH3 is 1. The summed E-state index contributed by atoms with van der Waals surface area (Å²) in [6.45, 7) is 0. The van der Waals surface area contributed by atoms with E-state index in [4.69, 9.17) is 4.74 Å². The van der Waals surface area contributed by atoms with Gasteiger partial charge in [0.15, 0.2) is 0 Å². The van der Waals surface area contributed by atoms with Crippen LogP contribution in [0.4, 0.5) is 0 Å². The van der Waals surface area contributed by atoms with Gasteiger partial charge in [0.2, 0.25) is 5.56 Å². The first-order valence-corrected chi connectivity index (χ1v) is 7.31. The van der Waals surface area contributed by atoms with Crippen molar-refractivity contribution < 1.29 is 9.53 Å². The minimum atomic E-state index is -0.100. The Balaban J connectivity index is 1.70. The minimum Gasteiger partial charge on any atom is -0.497 e. The lowest BCUT2D eigenvalue weighted by atomic mass is 9.91. The molecular formula is C17H18N2O3. The van der Waals surface area contributed by atoms with Gasteiger partial charge in [-0.1, -0.05) is 12.1 Å². The highest BCUT2D eigenvalue weighted by Gasteiger charge is 2.21. The van der Waals surface area contributed by atoms with E-state index in [2.05, 4.69) is 10.3 Å². The molecule has 5 heteroatoms. The summed E-state index contributed by atoms with van der Waals surface area (Å²) in [6, 6.07) is 10.6. The molecule has 0 saturated heterocycles. The Morgan fingerprint density at radius 1 is 1.32 bits per heavy atom. The van der Waals surface area contributed by atoms with Crippen molar-refractivity contribution in [1.82, 2.24) is 10.3 Å². The van der Waals surface area contributed by atoms with Crippen LogP contribution < -0.4 is 15.6 Å². The van der Waals surface area contributed by atoms with Crippen LogP contribution in [0.3, 0.4) is 0 Å². The van der Waals surface area contributed by atoms with E-state index in [1.54, 1.807) is 25.3 Å². The zero-order chi connectivity index (χ0) is 15.5. The molecule has 1 heterocycles. The summed E-state index contributed by atoms with van der Waals surface area (Å²) in [7, 11) is 1.58. The number of amides is 1. The molecule has 1 atom stereocenters. The average molecular weight is 298 g/mol. The fourth-order valence-electron chi connectivity index (χ4n) is 2.80. The number of nitrogens with one attached hydrogen (secondary N) is 2. The SMILES string of the molecule is COc1cccc(C(=O)NC2CCc3[nH]c(=O)ccc3C2)c1. The monoisotopic (exact) mass is 298 g/mol. The maximum absolute atomic E-state index is 12.3. The number of ether oxygens (including phenoxy) is 1. The predicted molar refractivity (Wildman–Crippen MR) is 83.3 cm³/mol. The van der Waals surface area contributed by atoms with Crippen molar-refractivity contribution in [3.63, 3.8) is 0 Å². The van der Waals surface area contributed by atoms with Crippen LogP contribution in [0.1, 0.15) is 28.0 Å². The van der Waals surface area contributed by atoms with Crippen molar-refractivity contribution in [1.29, 1.82) is 0 Å². The summed E-state index contributed by atoms with van der Waals surface area (Å²) in [5.41, 5.74) is 2.60. The highest BCUT2D eigenvalue weighted by Crippen LogP contribution is 2.19.